The van der Waals surface area contributed by atoms with Crippen LogP contribution in [0.2, 0.25) is 0 Å². The molecule has 3 unspecified atom stereocenters. The minimum absolute atomic E-state index is 0.0398. The number of rotatable bonds is 2. The average Bonchev–Trinajstić information content (AvgIpc) is 2.11. The van der Waals surface area contributed by atoms with Crippen LogP contribution in [-0.2, 0) is 9.53 Å². The Morgan fingerprint density at radius 1 is 1.50 bits per heavy atom. The minimum Gasteiger partial charge on any atom is -0.465 e. The third-order valence-corrected chi connectivity index (χ3v) is 5.45. The number of hydrogen-bond acceptors (Lipinski definition) is 3. The van der Waals surface area contributed by atoms with E-state index in [2.05, 4.69) is 29.8 Å². The fraction of sp³-hybridized carbons (Fsp3) is 0.917. The van der Waals surface area contributed by atoms with Gasteiger partial charge < -0.3 is 9.84 Å². The fourth-order valence-corrected chi connectivity index (χ4v) is 3.13. The molecule has 0 bridgehead atoms. The number of ether oxygens (including phenoxy) is 1. The average molecular weight is 293 g/mol. The van der Waals surface area contributed by atoms with Crippen LogP contribution >= 0.6 is 15.9 Å². The van der Waals surface area contributed by atoms with E-state index in [1.165, 1.54) is 6.92 Å². The smallest absolute Gasteiger partial charge is 0.302 e. The van der Waals surface area contributed by atoms with Crippen molar-refractivity contribution >= 4 is 21.9 Å². The Kier molecular flexibility index (Phi) is 4.06. The molecule has 4 heteroatoms. The predicted octanol–water partition coefficient (Wildman–Crippen LogP) is 2.50. The summed E-state index contributed by atoms with van der Waals surface area (Å²) in [5, 5.41) is 10.4. The molecule has 0 aromatic heterocycles. The second kappa shape index (κ2) is 4.65. The van der Waals surface area contributed by atoms with Crippen molar-refractivity contribution in [1.82, 2.24) is 0 Å². The number of carbonyl (C=O) groups is 1. The standard InChI is InChI=1S/C12H21BrO3/c1-8(14)16-7-9-11(2,3)10(13)5-6-12(9,4)15/h9-10,15H,5-7H2,1-4H3. The highest BCUT2D eigenvalue weighted by Crippen LogP contribution is 2.49. The molecule has 1 aliphatic rings. The molecule has 0 aliphatic heterocycles. The molecule has 0 spiro atoms. The van der Waals surface area contributed by atoms with E-state index < -0.39 is 5.60 Å². The molecule has 0 radical (unpaired) electrons. The van der Waals surface area contributed by atoms with Crippen LogP contribution in [0.15, 0.2) is 0 Å². The molecule has 1 saturated carbocycles. The Labute approximate surface area is 106 Å². The lowest BCUT2D eigenvalue weighted by molar-refractivity contribution is -0.153. The van der Waals surface area contributed by atoms with E-state index in [-0.39, 0.29) is 23.9 Å². The third-order valence-electron chi connectivity index (χ3n) is 3.81. The fourth-order valence-electron chi connectivity index (χ4n) is 2.58. The quantitative estimate of drug-likeness (QED) is 0.628. The Morgan fingerprint density at radius 2 is 2.06 bits per heavy atom. The van der Waals surface area contributed by atoms with Gasteiger partial charge in [0.1, 0.15) is 0 Å². The van der Waals surface area contributed by atoms with E-state index in [1.54, 1.807) is 0 Å². The van der Waals surface area contributed by atoms with Crippen molar-refractivity contribution in [2.75, 3.05) is 6.61 Å². The van der Waals surface area contributed by atoms with Gasteiger partial charge >= 0.3 is 5.97 Å². The largest absolute Gasteiger partial charge is 0.465 e. The topological polar surface area (TPSA) is 46.5 Å². The van der Waals surface area contributed by atoms with E-state index in [9.17, 15) is 9.90 Å². The second-order valence-corrected chi connectivity index (χ2v) is 6.65. The van der Waals surface area contributed by atoms with Gasteiger partial charge in [0.15, 0.2) is 0 Å². The molecular formula is C12H21BrO3. The van der Waals surface area contributed by atoms with E-state index >= 15 is 0 Å². The Balaban J connectivity index is 2.83. The van der Waals surface area contributed by atoms with Crippen LogP contribution in [0.25, 0.3) is 0 Å². The van der Waals surface area contributed by atoms with Gasteiger partial charge in [-0.2, -0.15) is 0 Å². The lowest BCUT2D eigenvalue weighted by Gasteiger charge is -2.50. The summed E-state index contributed by atoms with van der Waals surface area (Å²) in [5.74, 6) is -0.328. The Morgan fingerprint density at radius 3 is 2.56 bits per heavy atom. The highest BCUT2D eigenvalue weighted by molar-refractivity contribution is 9.09. The lowest BCUT2D eigenvalue weighted by Crippen LogP contribution is -2.53. The summed E-state index contributed by atoms with van der Waals surface area (Å²) in [4.78, 5) is 11.2. The highest BCUT2D eigenvalue weighted by atomic mass is 79.9. The Bertz CT molecular complexity index is 273. The van der Waals surface area contributed by atoms with E-state index in [0.29, 0.717) is 4.83 Å². The van der Waals surface area contributed by atoms with Crippen LogP contribution in [0.4, 0.5) is 0 Å². The van der Waals surface area contributed by atoms with E-state index in [1.807, 2.05) is 6.92 Å². The molecule has 1 rings (SSSR count). The number of halogens is 1. The van der Waals surface area contributed by atoms with Crippen molar-refractivity contribution in [2.24, 2.45) is 11.3 Å². The van der Waals surface area contributed by atoms with Gasteiger partial charge in [-0.1, -0.05) is 29.8 Å². The van der Waals surface area contributed by atoms with Gasteiger partial charge in [-0.15, -0.1) is 0 Å². The van der Waals surface area contributed by atoms with E-state index in [4.69, 9.17) is 4.74 Å². The summed E-state index contributed by atoms with van der Waals surface area (Å²) >= 11 is 3.66. The first kappa shape index (κ1) is 14.0. The van der Waals surface area contributed by atoms with Gasteiger partial charge in [-0.3, -0.25) is 4.79 Å². The maximum absolute atomic E-state index is 10.9. The number of aliphatic hydroxyl groups is 1. The molecule has 1 N–H and O–H groups in total. The molecular weight excluding hydrogens is 272 g/mol. The summed E-state index contributed by atoms with van der Waals surface area (Å²) in [6, 6.07) is 0. The SMILES string of the molecule is CC(=O)OCC1C(C)(O)CCC(Br)C1(C)C. The molecule has 94 valence electrons. The first-order valence-corrected chi connectivity index (χ1v) is 6.59. The van der Waals surface area contributed by atoms with Crippen LogP contribution in [0.3, 0.4) is 0 Å². The van der Waals surface area contributed by atoms with Crippen LogP contribution in [0, 0.1) is 11.3 Å². The summed E-state index contributed by atoms with van der Waals surface area (Å²) in [6.45, 7) is 7.73. The van der Waals surface area contributed by atoms with Crippen LogP contribution in [-0.4, -0.2) is 28.1 Å². The zero-order valence-corrected chi connectivity index (χ0v) is 12.0. The van der Waals surface area contributed by atoms with Gasteiger partial charge in [0.25, 0.3) is 0 Å². The van der Waals surface area contributed by atoms with Gasteiger partial charge in [0.05, 0.1) is 12.2 Å². The van der Waals surface area contributed by atoms with Crippen LogP contribution < -0.4 is 0 Å². The zero-order chi connectivity index (χ0) is 12.6. The lowest BCUT2D eigenvalue weighted by atomic mass is 9.62. The Hall–Kier alpha value is -0.0900. The van der Waals surface area contributed by atoms with Crippen LogP contribution in [0.1, 0.15) is 40.5 Å². The summed E-state index contributed by atoms with van der Waals surface area (Å²) in [7, 11) is 0. The number of alkyl halides is 1. The number of carbonyl (C=O) groups excluding carboxylic acids is 1. The zero-order valence-electron chi connectivity index (χ0n) is 10.4. The van der Waals surface area contributed by atoms with Gasteiger partial charge in [0.2, 0.25) is 0 Å². The van der Waals surface area contributed by atoms with Crippen molar-refractivity contribution < 1.29 is 14.6 Å². The first-order chi connectivity index (χ1) is 7.18. The molecule has 1 aliphatic carbocycles. The van der Waals surface area contributed by atoms with Gasteiger partial charge in [-0.05, 0) is 25.2 Å². The molecule has 0 heterocycles. The van der Waals surface area contributed by atoms with Crippen molar-refractivity contribution in [3.05, 3.63) is 0 Å². The molecule has 0 aromatic rings. The second-order valence-electron chi connectivity index (χ2n) is 5.54. The van der Waals surface area contributed by atoms with Crippen molar-refractivity contribution in [3.8, 4) is 0 Å². The van der Waals surface area contributed by atoms with Crippen LogP contribution in [0.5, 0.6) is 0 Å². The summed E-state index contributed by atoms with van der Waals surface area (Å²) < 4.78 is 5.08. The predicted molar refractivity (Wildman–Crippen MR) is 66.5 cm³/mol. The van der Waals surface area contributed by atoms with Crippen molar-refractivity contribution in [2.45, 2.75) is 51.0 Å². The summed E-state index contributed by atoms with van der Waals surface area (Å²) in [5.41, 5.74) is -0.847. The number of hydrogen-bond donors (Lipinski definition) is 1. The van der Waals surface area contributed by atoms with Gasteiger partial charge in [-0.25, -0.2) is 0 Å². The molecule has 1 fully saturated rings. The normalized spacial score (nSPS) is 38.1. The number of esters is 1. The highest BCUT2D eigenvalue weighted by Gasteiger charge is 2.50. The van der Waals surface area contributed by atoms with Crippen molar-refractivity contribution in [1.29, 1.82) is 0 Å². The molecule has 0 aromatic carbocycles. The monoisotopic (exact) mass is 292 g/mol. The molecule has 16 heavy (non-hydrogen) atoms. The molecule has 3 atom stereocenters. The minimum atomic E-state index is -0.761. The molecule has 0 amide bonds. The van der Waals surface area contributed by atoms with Crippen molar-refractivity contribution in [3.63, 3.8) is 0 Å². The van der Waals surface area contributed by atoms with E-state index in [0.717, 1.165) is 12.8 Å². The summed E-state index contributed by atoms with van der Waals surface area (Å²) in [6.07, 6.45) is 1.68. The van der Waals surface area contributed by atoms with Gasteiger partial charge in [0, 0.05) is 17.7 Å². The molecule has 3 nitrogen and oxygen atoms in total. The maximum atomic E-state index is 10.9. The first-order valence-electron chi connectivity index (χ1n) is 5.67. The maximum Gasteiger partial charge on any atom is 0.302 e. The third kappa shape index (κ3) is 2.77. The molecule has 0 saturated heterocycles.